The molecule has 2 heterocycles. The van der Waals surface area contributed by atoms with Gasteiger partial charge in [0.1, 0.15) is 22.9 Å². The summed E-state index contributed by atoms with van der Waals surface area (Å²) in [5, 5.41) is 10.5. The molecule has 0 fully saturated rings. The van der Waals surface area contributed by atoms with Crippen LogP contribution in [-0.4, -0.2) is 27.3 Å². The number of aromatic nitrogens is 2. The van der Waals surface area contributed by atoms with Crippen molar-refractivity contribution in [1.29, 1.82) is 0 Å². The summed E-state index contributed by atoms with van der Waals surface area (Å²) < 4.78 is 86.4. The average Bonchev–Trinajstić information content (AvgIpc) is 3.11. The summed E-state index contributed by atoms with van der Waals surface area (Å²) in [7, 11) is 0. The summed E-state index contributed by atoms with van der Waals surface area (Å²) in [5.74, 6) is -2.25. The Balaban J connectivity index is 2.00. The summed E-state index contributed by atoms with van der Waals surface area (Å²) in [6, 6.07) is 6.31. The molecule has 0 amide bonds. The Hall–Kier alpha value is -2.27. The van der Waals surface area contributed by atoms with Gasteiger partial charge in [-0.3, -0.25) is 0 Å². The fourth-order valence-corrected chi connectivity index (χ4v) is 3.98. The van der Waals surface area contributed by atoms with Crippen LogP contribution in [0.3, 0.4) is 0 Å². The van der Waals surface area contributed by atoms with E-state index in [0.29, 0.717) is 0 Å². The van der Waals surface area contributed by atoms with Crippen molar-refractivity contribution < 1.29 is 36.2 Å². The predicted molar refractivity (Wildman–Crippen MR) is 92.3 cm³/mol. The number of fused-ring (bicyclic) bond motifs is 3. The summed E-state index contributed by atoms with van der Waals surface area (Å²) >= 11 is 2.97. The van der Waals surface area contributed by atoms with E-state index < -0.39 is 42.2 Å². The second-order valence-corrected chi connectivity index (χ2v) is 7.43. The lowest BCUT2D eigenvalue weighted by atomic mass is 9.91. The van der Waals surface area contributed by atoms with Crippen LogP contribution < -0.4 is 4.74 Å². The molecule has 0 spiro atoms. The molecule has 4 rings (SSSR count). The quantitative estimate of drug-likeness (QED) is 0.529. The lowest BCUT2D eigenvalue weighted by molar-refractivity contribution is -0.267. The number of para-hydroxylation sites is 1. The van der Waals surface area contributed by atoms with Crippen LogP contribution in [0, 0.1) is 5.82 Å². The maximum Gasteiger partial charge on any atom is 0.423 e. The standard InChI is InChI=1S/C18H11BrF6N2O2/c19-10-7-27-13(5-11(10)20)26-15-14(27)9(6-17(15,28)18(23,24)25)8-3-1-2-4-12(8)29-16(21)22/h1-5,7,9,16,28H,6H2. The number of pyridine rings is 1. The zero-order valence-corrected chi connectivity index (χ0v) is 15.8. The molecule has 11 heteroatoms. The summed E-state index contributed by atoms with van der Waals surface area (Å²) in [4.78, 5) is 3.82. The summed E-state index contributed by atoms with van der Waals surface area (Å²) in [5.41, 5.74) is -4.24. The molecule has 2 unspecified atom stereocenters. The minimum Gasteiger partial charge on any atom is -0.435 e. The van der Waals surface area contributed by atoms with E-state index in [9.17, 15) is 31.4 Å². The second-order valence-electron chi connectivity index (χ2n) is 6.57. The first kappa shape index (κ1) is 20.0. The number of ether oxygens (including phenoxy) is 1. The van der Waals surface area contributed by atoms with Crippen molar-refractivity contribution in [3.05, 3.63) is 63.8 Å². The highest BCUT2D eigenvalue weighted by Gasteiger charge is 2.63. The van der Waals surface area contributed by atoms with Crippen LogP contribution in [0.4, 0.5) is 26.3 Å². The second kappa shape index (κ2) is 6.63. The van der Waals surface area contributed by atoms with Gasteiger partial charge in [0.2, 0.25) is 5.60 Å². The highest BCUT2D eigenvalue weighted by molar-refractivity contribution is 9.10. The van der Waals surface area contributed by atoms with E-state index in [0.717, 1.165) is 6.07 Å². The molecule has 1 aliphatic rings. The van der Waals surface area contributed by atoms with Gasteiger partial charge in [0.25, 0.3) is 0 Å². The third-order valence-corrected chi connectivity index (χ3v) is 5.49. The SMILES string of the molecule is OC1(C(F)(F)F)CC(c2ccccc2OC(F)F)c2c1nc1cc(F)c(Br)cn21. The zero-order chi connectivity index (χ0) is 21.1. The molecule has 3 aromatic rings. The molecule has 1 N–H and O–H groups in total. The number of imidazole rings is 1. The van der Waals surface area contributed by atoms with Crippen molar-refractivity contribution in [2.24, 2.45) is 0 Å². The number of nitrogens with zero attached hydrogens (tertiary/aromatic N) is 2. The van der Waals surface area contributed by atoms with Crippen molar-refractivity contribution >= 4 is 21.6 Å². The number of alkyl halides is 5. The monoisotopic (exact) mass is 480 g/mol. The lowest BCUT2D eigenvalue weighted by Gasteiger charge is -2.26. The fraction of sp³-hybridized carbons (Fsp3) is 0.278. The molecule has 1 aromatic carbocycles. The smallest absolute Gasteiger partial charge is 0.423 e. The normalized spacial score (nSPS) is 21.8. The first-order chi connectivity index (χ1) is 13.5. The fourth-order valence-electron chi connectivity index (χ4n) is 3.66. The maximum absolute atomic E-state index is 13.9. The first-order valence-electron chi connectivity index (χ1n) is 8.23. The average molecular weight is 481 g/mol. The Labute approximate surface area is 167 Å². The highest BCUT2D eigenvalue weighted by atomic mass is 79.9. The van der Waals surface area contributed by atoms with E-state index in [-0.39, 0.29) is 27.1 Å². The van der Waals surface area contributed by atoms with Crippen LogP contribution in [0.1, 0.15) is 29.3 Å². The van der Waals surface area contributed by atoms with Crippen molar-refractivity contribution in [3.63, 3.8) is 0 Å². The molecule has 4 nitrogen and oxygen atoms in total. The van der Waals surface area contributed by atoms with Crippen LogP contribution in [0.25, 0.3) is 5.65 Å². The van der Waals surface area contributed by atoms with Crippen LogP contribution in [0.15, 0.2) is 41.0 Å². The molecule has 154 valence electrons. The van der Waals surface area contributed by atoms with E-state index in [1.165, 1.54) is 34.9 Å². The number of benzene rings is 1. The molecule has 0 saturated carbocycles. The summed E-state index contributed by atoms with van der Waals surface area (Å²) in [6.07, 6.45) is -4.79. The van der Waals surface area contributed by atoms with Gasteiger partial charge in [-0.2, -0.15) is 22.0 Å². The van der Waals surface area contributed by atoms with E-state index in [2.05, 4.69) is 25.7 Å². The first-order valence-corrected chi connectivity index (χ1v) is 9.02. The van der Waals surface area contributed by atoms with Gasteiger partial charge in [0, 0.05) is 30.2 Å². The van der Waals surface area contributed by atoms with Gasteiger partial charge in [0.15, 0.2) is 0 Å². The van der Waals surface area contributed by atoms with Crippen molar-refractivity contribution in [2.45, 2.75) is 30.7 Å². The maximum atomic E-state index is 13.9. The summed E-state index contributed by atoms with van der Waals surface area (Å²) in [6.45, 7) is -3.19. The molecule has 0 bridgehead atoms. The molecule has 0 radical (unpaired) electrons. The number of hydrogen-bond acceptors (Lipinski definition) is 3. The third-order valence-electron chi connectivity index (χ3n) is 4.90. The van der Waals surface area contributed by atoms with Crippen LogP contribution >= 0.6 is 15.9 Å². The minimum absolute atomic E-state index is 0.0245. The predicted octanol–water partition coefficient (Wildman–Crippen LogP) is 5.12. The Morgan fingerprint density at radius 3 is 2.62 bits per heavy atom. The highest BCUT2D eigenvalue weighted by Crippen LogP contribution is 2.55. The van der Waals surface area contributed by atoms with Crippen molar-refractivity contribution in [3.8, 4) is 5.75 Å². The van der Waals surface area contributed by atoms with Gasteiger partial charge in [0.05, 0.1) is 10.2 Å². The lowest BCUT2D eigenvalue weighted by Crippen LogP contribution is -2.40. The van der Waals surface area contributed by atoms with Gasteiger partial charge in [-0.25, -0.2) is 9.37 Å². The van der Waals surface area contributed by atoms with Crippen molar-refractivity contribution in [1.82, 2.24) is 9.38 Å². The molecule has 0 aliphatic heterocycles. The van der Waals surface area contributed by atoms with Crippen LogP contribution in [0.5, 0.6) is 5.75 Å². The molecule has 1 aliphatic carbocycles. The van der Waals surface area contributed by atoms with E-state index in [1.807, 2.05) is 0 Å². The van der Waals surface area contributed by atoms with Gasteiger partial charge >= 0.3 is 12.8 Å². The number of hydrogen-bond donors (Lipinski definition) is 1. The van der Waals surface area contributed by atoms with Gasteiger partial charge in [-0.05, 0) is 22.0 Å². The van der Waals surface area contributed by atoms with Crippen LogP contribution in [-0.2, 0) is 5.60 Å². The topological polar surface area (TPSA) is 46.8 Å². The number of rotatable bonds is 3. The molecule has 29 heavy (non-hydrogen) atoms. The zero-order valence-electron chi connectivity index (χ0n) is 14.2. The third kappa shape index (κ3) is 3.07. The Morgan fingerprint density at radius 1 is 1.28 bits per heavy atom. The Bertz CT molecular complexity index is 1100. The van der Waals surface area contributed by atoms with Gasteiger partial charge in [-0.1, -0.05) is 18.2 Å². The number of aliphatic hydroxyl groups is 1. The van der Waals surface area contributed by atoms with Crippen molar-refractivity contribution in [2.75, 3.05) is 0 Å². The van der Waals surface area contributed by atoms with Gasteiger partial charge < -0.3 is 14.2 Å². The Morgan fingerprint density at radius 2 is 1.97 bits per heavy atom. The largest absolute Gasteiger partial charge is 0.435 e. The van der Waals surface area contributed by atoms with Gasteiger partial charge in [-0.15, -0.1) is 0 Å². The molecule has 2 aromatic heterocycles. The molecular weight excluding hydrogens is 470 g/mol. The number of halogens is 7. The van der Waals surface area contributed by atoms with E-state index in [1.54, 1.807) is 0 Å². The van der Waals surface area contributed by atoms with Crippen LogP contribution in [0.2, 0.25) is 0 Å². The van der Waals surface area contributed by atoms with E-state index in [4.69, 9.17) is 0 Å². The Kier molecular flexibility index (Phi) is 4.57. The molecular formula is C18H11BrF6N2O2. The molecule has 2 atom stereocenters. The minimum atomic E-state index is -5.09. The van der Waals surface area contributed by atoms with E-state index >= 15 is 0 Å². The molecule has 0 saturated heterocycles.